The van der Waals surface area contributed by atoms with Crippen molar-refractivity contribution in [1.82, 2.24) is 0 Å². The lowest BCUT2D eigenvalue weighted by molar-refractivity contribution is 0.238. The van der Waals surface area contributed by atoms with Crippen LogP contribution >= 0.6 is 0 Å². The summed E-state index contributed by atoms with van der Waals surface area (Å²) in [4.78, 5) is 0. The summed E-state index contributed by atoms with van der Waals surface area (Å²) in [6.07, 6.45) is 1.17. The van der Waals surface area contributed by atoms with Gasteiger partial charge in [0.25, 0.3) is 0 Å². The third-order valence-electron chi connectivity index (χ3n) is 2.41. The van der Waals surface area contributed by atoms with Crippen LogP contribution < -0.4 is 10.5 Å². The topological polar surface area (TPSA) is 35.2 Å². The molecule has 0 unspecified atom stereocenters. The zero-order valence-corrected chi connectivity index (χ0v) is 10.7. The highest BCUT2D eigenvalue weighted by Crippen LogP contribution is 2.28. The summed E-state index contributed by atoms with van der Waals surface area (Å²) < 4.78 is 5.77. The minimum absolute atomic E-state index is 0.0648. The molecule has 0 bridgehead atoms. The van der Waals surface area contributed by atoms with Crippen molar-refractivity contribution >= 4 is 0 Å². The van der Waals surface area contributed by atoms with Crippen molar-refractivity contribution in [2.45, 2.75) is 46.3 Å². The Morgan fingerprint density at radius 1 is 1.12 bits per heavy atom. The van der Waals surface area contributed by atoms with Gasteiger partial charge >= 0.3 is 0 Å². The van der Waals surface area contributed by atoms with E-state index < -0.39 is 0 Å². The van der Waals surface area contributed by atoms with Crippen LogP contribution in [0.5, 0.6) is 5.75 Å². The maximum Gasteiger partial charge on any atom is 0.124 e. The molecule has 0 aliphatic heterocycles. The predicted octanol–water partition coefficient (Wildman–Crippen LogP) is 3.52. The van der Waals surface area contributed by atoms with Crippen LogP contribution in [0.15, 0.2) is 24.3 Å². The fraction of sp³-hybridized carbons (Fsp3) is 0.571. The Bertz CT molecular complexity index is 320. The molecule has 0 heterocycles. The fourth-order valence-electron chi connectivity index (χ4n) is 1.78. The summed E-state index contributed by atoms with van der Waals surface area (Å²) >= 11 is 0. The molecule has 0 saturated heterocycles. The molecular formula is C14H23NO. The Morgan fingerprint density at radius 3 is 2.31 bits per heavy atom. The minimum atomic E-state index is 0.0648. The van der Waals surface area contributed by atoms with Gasteiger partial charge in [-0.3, -0.25) is 0 Å². The van der Waals surface area contributed by atoms with Crippen LogP contribution in [-0.4, -0.2) is 6.10 Å². The van der Waals surface area contributed by atoms with Crippen molar-refractivity contribution in [3.05, 3.63) is 29.8 Å². The zero-order valence-electron chi connectivity index (χ0n) is 10.7. The van der Waals surface area contributed by atoms with Crippen molar-refractivity contribution in [2.75, 3.05) is 0 Å². The largest absolute Gasteiger partial charge is 0.491 e. The van der Waals surface area contributed by atoms with Gasteiger partial charge in [0.1, 0.15) is 5.75 Å². The fourth-order valence-corrected chi connectivity index (χ4v) is 1.78. The maximum atomic E-state index is 6.19. The van der Waals surface area contributed by atoms with Gasteiger partial charge in [0, 0.05) is 11.6 Å². The molecule has 2 nitrogen and oxygen atoms in total. The van der Waals surface area contributed by atoms with E-state index in [1.807, 2.05) is 32.0 Å². The molecule has 0 saturated carbocycles. The van der Waals surface area contributed by atoms with Crippen LogP contribution in [0.1, 0.15) is 45.7 Å². The molecule has 16 heavy (non-hydrogen) atoms. The van der Waals surface area contributed by atoms with E-state index in [4.69, 9.17) is 10.5 Å². The smallest absolute Gasteiger partial charge is 0.124 e. The Kier molecular flexibility index (Phi) is 4.81. The molecule has 0 aliphatic rings. The number of rotatable bonds is 5. The minimum Gasteiger partial charge on any atom is -0.491 e. The molecule has 2 heteroatoms. The second-order valence-electron chi connectivity index (χ2n) is 4.94. The first kappa shape index (κ1) is 13.0. The van der Waals surface area contributed by atoms with E-state index in [2.05, 4.69) is 19.9 Å². The molecule has 0 radical (unpaired) electrons. The molecule has 0 fully saturated rings. The first-order valence-electron chi connectivity index (χ1n) is 6.02. The van der Waals surface area contributed by atoms with Gasteiger partial charge < -0.3 is 10.5 Å². The second kappa shape index (κ2) is 5.90. The van der Waals surface area contributed by atoms with Crippen molar-refractivity contribution in [3.8, 4) is 5.75 Å². The monoisotopic (exact) mass is 221 g/mol. The van der Waals surface area contributed by atoms with E-state index in [-0.39, 0.29) is 12.1 Å². The normalized spacial score (nSPS) is 13.2. The average molecular weight is 221 g/mol. The number of para-hydroxylation sites is 1. The number of ether oxygens (including phenoxy) is 1. The van der Waals surface area contributed by atoms with E-state index in [1.54, 1.807) is 0 Å². The summed E-state index contributed by atoms with van der Waals surface area (Å²) in [6, 6.07) is 8.13. The molecule has 1 rings (SSSR count). The third kappa shape index (κ3) is 3.86. The van der Waals surface area contributed by atoms with Crippen LogP contribution in [0.25, 0.3) is 0 Å². The molecule has 1 aromatic carbocycles. The van der Waals surface area contributed by atoms with E-state index in [0.29, 0.717) is 5.92 Å². The summed E-state index contributed by atoms with van der Waals surface area (Å²) in [7, 11) is 0. The van der Waals surface area contributed by atoms with E-state index in [1.165, 1.54) is 0 Å². The Morgan fingerprint density at radius 2 is 1.75 bits per heavy atom. The van der Waals surface area contributed by atoms with E-state index in [9.17, 15) is 0 Å². The molecule has 0 amide bonds. The third-order valence-corrected chi connectivity index (χ3v) is 2.41. The number of benzene rings is 1. The molecule has 2 N–H and O–H groups in total. The molecule has 0 spiro atoms. The highest BCUT2D eigenvalue weighted by molar-refractivity contribution is 5.35. The Labute approximate surface area is 98.8 Å². The lowest BCUT2D eigenvalue weighted by atomic mass is 9.97. The van der Waals surface area contributed by atoms with E-state index >= 15 is 0 Å². The molecule has 90 valence electrons. The number of hydrogen-bond acceptors (Lipinski definition) is 2. The Balaban J connectivity index is 2.85. The molecule has 0 aliphatic carbocycles. The van der Waals surface area contributed by atoms with Crippen molar-refractivity contribution in [2.24, 2.45) is 11.7 Å². The van der Waals surface area contributed by atoms with Crippen LogP contribution in [0.4, 0.5) is 0 Å². The highest BCUT2D eigenvalue weighted by atomic mass is 16.5. The van der Waals surface area contributed by atoms with Gasteiger partial charge in [0.15, 0.2) is 0 Å². The van der Waals surface area contributed by atoms with Crippen molar-refractivity contribution in [1.29, 1.82) is 0 Å². The number of nitrogens with two attached hydrogens (primary N) is 1. The van der Waals surface area contributed by atoms with Gasteiger partial charge in [0.2, 0.25) is 0 Å². The van der Waals surface area contributed by atoms with Gasteiger partial charge in [-0.2, -0.15) is 0 Å². The molecule has 0 aromatic heterocycles. The summed E-state index contributed by atoms with van der Waals surface area (Å²) in [6.45, 7) is 8.44. The van der Waals surface area contributed by atoms with Gasteiger partial charge in [-0.15, -0.1) is 0 Å². The Hall–Kier alpha value is -1.02. The standard InChI is InChI=1S/C14H23NO/c1-10(2)9-13(15)12-7-5-6-8-14(12)16-11(3)4/h5-8,10-11,13H,9,15H2,1-4H3/t13-/m1/s1. The molecule has 1 atom stereocenters. The summed E-state index contributed by atoms with van der Waals surface area (Å²) in [5.41, 5.74) is 7.31. The first-order valence-corrected chi connectivity index (χ1v) is 6.02. The van der Waals surface area contributed by atoms with Crippen LogP contribution in [0, 0.1) is 5.92 Å². The second-order valence-corrected chi connectivity index (χ2v) is 4.94. The van der Waals surface area contributed by atoms with Gasteiger partial charge in [-0.05, 0) is 32.3 Å². The van der Waals surface area contributed by atoms with Gasteiger partial charge in [-0.25, -0.2) is 0 Å². The number of hydrogen-bond donors (Lipinski definition) is 1. The van der Waals surface area contributed by atoms with E-state index in [0.717, 1.165) is 17.7 Å². The predicted molar refractivity (Wildman–Crippen MR) is 68.6 cm³/mol. The van der Waals surface area contributed by atoms with Crippen LogP contribution in [0.3, 0.4) is 0 Å². The highest BCUT2D eigenvalue weighted by Gasteiger charge is 2.13. The quantitative estimate of drug-likeness (QED) is 0.825. The lowest BCUT2D eigenvalue weighted by Gasteiger charge is -2.19. The summed E-state index contributed by atoms with van der Waals surface area (Å²) in [5.74, 6) is 1.52. The molecule has 1 aromatic rings. The first-order chi connectivity index (χ1) is 7.50. The van der Waals surface area contributed by atoms with Crippen LogP contribution in [0.2, 0.25) is 0 Å². The van der Waals surface area contributed by atoms with Crippen molar-refractivity contribution < 1.29 is 4.74 Å². The lowest BCUT2D eigenvalue weighted by Crippen LogP contribution is -2.16. The summed E-state index contributed by atoms with van der Waals surface area (Å²) in [5, 5.41) is 0. The average Bonchev–Trinajstić information content (AvgIpc) is 2.16. The zero-order chi connectivity index (χ0) is 12.1. The maximum absolute atomic E-state index is 6.19. The van der Waals surface area contributed by atoms with Crippen molar-refractivity contribution in [3.63, 3.8) is 0 Å². The van der Waals surface area contributed by atoms with Gasteiger partial charge in [0.05, 0.1) is 6.10 Å². The molecular weight excluding hydrogens is 198 g/mol. The SMILES string of the molecule is CC(C)C[C@@H](N)c1ccccc1OC(C)C. The van der Waals surface area contributed by atoms with Gasteiger partial charge in [-0.1, -0.05) is 32.0 Å². The van der Waals surface area contributed by atoms with Crippen LogP contribution in [-0.2, 0) is 0 Å².